The van der Waals surface area contributed by atoms with Gasteiger partial charge in [0.1, 0.15) is 5.75 Å². The van der Waals surface area contributed by atoms with E-state index in [9.17, 15) is 0 Å². The van der Waals surface area contributed by atoms with E-state index in [1.807, 2.05) is 18.2 Å². The lowest BCUT2D eigenvalue weighted by molar-refractivity contribution is 0.0628. The van der Waals surface area contributed by atoms with Crippen molar-refractivity contribution in [2.24, 2.45) is 5.92 Å². The third kappa shape index (κ3) is 5.33. The molecule has 0 N–H and O–H groups in total. The second-order valence-corrected chi connectivity index (χ2v) is 6.30. The Morgan fingerprint density at radius 2 is 2.05 bits per heavy atom. The molecule has 0 amide bonds. The van der Waals surface area contributed by atoms with Crippen LogP contribution in [0.15, 0.2) is 22.7 Å². The van der Waals surface area contributed by atoms with Crippen molar-refractivity contribution >= 4 is 27.5 Å². The Hall–Kier alpha value is -0.250. The highest BCUT2D eigenvalue weighted by atomic mass is 79.9. The van der Waals surface area contributed by atoms with Gasteiger partial charge in [-0.1, -0.05) is 34.0 Å². The summed E-state index contributed by atoms with van der Waals surface area (Å²) >= 11 is 9.49. The van der Waals surface area contributed by atoms with Crippen LogP contribution in [0, 0.1) is 5.92 Å². The molecule has 1 fully saturated rings. The van der Waals surface area contributed by atoms with Gasteiger partial charge in [0.05, 0.1) is 11.6 Å². The second-order valence-electron chi connectivity index (χ2n) is 4.97. The molecule has 0 aromatic heterocycles. The summed E-state index contributed by atoms with van der Waals surface area (Å²) in [5.41, 5.74) is 0. The van der Waals surface area contributed by atoms with E-state index in [0.29, 0.717) is 5.02 Å². The summed E-state index contributed by atoms with van der Waals surface area (Å²) in [7, 11) is 0. The zero-order valence-corrected chi connectivity index (χ0v) is 13.4. The molecule has 4 heteroatoms. The lowest BCUT2D eigenvalue weighted by Crippen LogP contribution is -2.15. The Bertz CT molecular complexity index is 392. The highest BCUT2D eigenvalue weighted by molar-refractivity contribution is 9.10. The van der Waals surface area contributed by atoms with Gasteiger partial charge in [-0.15, -0.1) is 0 Å². The predicted molar refractivity (Wildman–Crippen MR) is 82.0 cm³/mol. The first-order valence-corrected chi connectivity index (χ1v) is 8.08. The third-order valence-electron chi connectivity index (χ3n) is 3.50. The maximum atomic E-state index is 6.07. The molecule has 0 saturated carbocycles. The van der Waals surface area contributed by atoms with Gasteiger partial charge in [-0.05, 0) is 49.8 Å². The SMILES string of the molecule is Clc1ccc(Br)cc1OCCCCC1CCOCC1. The molecule has 1 saturated heterocycles. The molecule has 1 aromatic carbocycles. The molecule has 1 aliphatic rings. The minimum atomic E-state index is 0.674. The van der Waals surface area contributed by atoms with E-state index in [1.165, 1.54) is 25.7 Å². The number of hydrogen-bond donors (Lipinski definition) is 0. The Kier molecular flexibility index (Phi) is 6.48. The number of halogens is 2. The van der Waals surface area contributed by atoms with E-state index >= 15 is 0 Å². The second kappa shape index (κ2) is 8.13. The summed E-state index contributed by atoms with van der Waals surface area (Å²) in [4.78, 5) is 0. The fourth-order valence-corrected chi connectivity index (χ4v) is 2.85. The van der Waals surface area contributed by atoms with Crippen LogP contribution in [0.2, 0.25) is 5.02 Å². The Morgan fingerprint density at radius 3 is 2.84 bits per heavy atom. The number of unbranched alkanes of at least 4 members (excludes halogenated alkanes) is 1. The van der Waals surface area contributed by atoms with Gasteiger partial charge in [0, 0.05) is 17.7 Å². The van der Waals surface area contributed by atoms with Crippen LogP contribution in [-0.4, -0.2) is 19.8 Å². The van der Waals surface area contributed by atoms with E-state index in [0.717, 1.165) is 42.4 Å². The molecule has 0 radical (unpaired) electrons. The zero-order chi connectivity index (χ0) is 13.5. The molecule has 0 unspecified atom stereocenters. The smallest absolute Gasteiger partial charge is 0.139 e. The summed E-state index contributed by atoms with van der Waals surface area (Å²) in [6.07, 6.45) is 6.03. The van der Waals surface area contributed by atoms with E-state index in [4.69, 9.17) is 21.1 Å². The minimum absolute atomic E-state index is 0.674. The molecule has 2 nitrogen and oxygen atoms in total. The van der Waals surface area contributed by atoms with E-state index < -0.39 is 0 Å². The molecule has 0 bridgehead atoms. The van der Waals surface area contributed by atoms with Crippen LogP contribution < -0.4 is 4.74 Å². The van der Waals surface area contributed by atoms with Crippen LogP contribution in [0.1, 0.15) is 32.1 Å². The first-order chi connectivity index (χ1) is 9.25. The van der Waals surface area contributed by atoms with Crippen molar-refractivity contribution in [2.45, 2.75) is 32.1 Å². The van der Waals surface area contributed by atoms with Gasteiger partial charge in [0.25, 0.3) is 0 Å². The normalized spacial score (nSPS) is 16.5. The van der Waals surface area contributed by atoms with Gasteiger partial charge in [-0.2, -0.15) is 0 Å². The summed E-state index contributed by atoms with van der Waals surface area (Å²) in [5, 5.41) is 0.674. The number of rotatable bonds is 6. The summed E-state index contributed by atoms with van der Waals surface area (Å²) in [6, 6.07) is 5.68. The molecule has 19 heavy (non-hydrogen) atoms. The highest BCUT2D eigenvalue weighted by Crippen LogP contribution is 2.28. The first-order valence-electron chi connectivity index (χ1n) is 6.91. The summed E-state index contributed by atoms with van der Waals surface area (Å²) < 4.78 is 12.1. The number of benzene rings is 1. The molecule has 2 rings (SSSR count). The maximum absolute atomic E-state index is 6.07. The average Bonchev–Trinajstić information content (AvgIpc) is 2.43. The van der Waals surface area contributed by atoms with Gasteiger partial charge >= 0.3 is 0 Å². The van der Waals surface area contributed by atoms with Crippen LogP contribution in [0.4, 0.5) is 0 Å². The standard InChI is InChI=1S/C15H20BrClO2/c16-13-4-5-14(17)15(11-13)19-8-2-1-3-12-6-9-18-10-7-12/h4-5,11-12H,1-3,6-10H2. The average molecular weight is 348 g/mol. The Morgan fingerprint density at radius 1 is 1.26 bits per heavy atom. The van der Waals surface area contributed by atoms with Crippen LogP contribution in [0.3, 0.4) is 0 Å². The molecule has 0 atom stereocenters. The van der Waals surface area contributed by atoms with Gasteiger partial charge < -0.3 is 9.47 Å². The van der Waals surface area contributed by atoms with E-state index in [-0.39, 0.29) is 0 Å². The molecular weight excluding hydrogens is 328 g/mol. The van der Waals surface area contributed by atoms with E-state index in [2.05, 4.69) is 15.9 Å². The van der Waals surface area contributed by atoms with Crippen LogP contribution in [0.25, 0.3) is 0 Å². The molecule has 0 spiro atoms. The van der Waals surface area contributed by atoms with E-state index in [1.54, 1.807) is 0 Å². The van der Waals surface area contributed by atoms with Crippen LogP contribution in [-0.2, 0) is 4.74 Å². The zero-order valence-electron chi connectivity index (χ0n) is 11.0. The topological polar surface area (TPSA) is 18.5 Å². The lowest BCUT2D eigenvalue weighted by atomic mass is 9.94. The van der Waals surface area contributed by atoms with Crippen LogP contribution in [0.5, 0.6) is 5.75 Å². The lowest BCUT2D eigenvalue weighted by Gasteiger charge is -2.21. The number of ether oxygens (including phenoxy) is 2. The summed E-state index contributed by atoms with van der Waals surface area (Å²) in [6.45, 7) is 2.61. The largest absolute Gasteiger partial charge is 0.492 e. The highest BCUT2D eigenvalue weighted by Gasteiger charge is 2.12. The van der Waals surface area contributed by atoms with Crippen molar-refractivity contribution < 1.29 is 9.47 Å². The summed E-state index contributed by atoms with van der Waals surface area (Å²) in [5.74, 6) is 1.62. The molecule has 1 aliphatic heterocycles. The third-order valence-corrected chi connectivity index (χ3v) is 4.30. The fraction of sp³-hybridized carbons (Fsp3) is 0.600. The van der Waals surface area contributed by atoms with Gasteiger partial charge in [-0.25, -0.2) is 0 Å². The maximum Gasteiger partial charge on any atom is 0.139 e. The van der Waals surface area contributed by atoms with Crippen molar-refractivity contribution in [3.63, 3.8) is 0 Å². The van der Waals surface area contributed by atoms with Crippen molar-refractivity contribution in [3.05, 3.63) is 27.7 Å². The number of hydrogen-bond acceptors (Lipinski definition) is 2. The molecular formula is C15H20BrClO2. The van der Waals surface area contributed by atoms with Gasteiger partial charge in [0.15, 0.2) is 0 Å². The molecule has 106 valence electrons. The molecule has 1 aromatic rings. The van der Waals surface area contributed by atoms with Crippen molar-refractivity contribution in [1.82, 2.24) is 0 Å². The Balaban J connectivity index is 1.62. The van der Waals surface area contributed by atoms with Crippen molar-refractivity contribution in [3.8, 4) is 5.75 Å². The van der Waals surface area contributed by atoms with Crippen molar-refractivity contribution in [2.75, 3.05) is 19.8 Å². The Labute approximate surface area is 128 Å². The quantitative estimate of drug-likeness (QED) is 0.668. The van der Waals surface area contributed by atoms with Gasteiger partial charge in [0.2, 0.25) is 0 Å². The first kappa shape index (κ1) is 15.1. The molecule has 1 heterocycles. The minimum Gasteiger partial charge on any atom is -0.492 e. The fourth-order valence-electron chi connectivity index (χ4n) is 2.34. The molecule has 0 aliphatic carbocycles. The monoisotopic (exact) mass is 346 g/mol. The van der Waals surface area contributed by atoms with Gasteiger partial charge in [-0.3, -0.25) is 0 Å². The van der Waals surface area contributed by atoms with Crippen LogP contribution >= 0.6 is 27.5 Å². The predicted octanol–water partition coefficient (Wildman–Crippen LogP) is 5.08. The van der Waals surface area contributed by atoms with Crippen molar-refractivity contribution in [1.29, 1.82) is 0 Å².